The monoisotopic (exact) mass is 379 g/mol. The molecule has 2 aromatic carbocycles. The van der Waals surface area contributed by atoms with Crippen LogP contribution in [0.5, 0.6) is 0 Å². The van der Waals surface area contributed by atoms with Crippen molar-refractivity contribution < 1.29 is 0 Å². The summed E-state index contributed by atoms with van der Waals surface area (Å²) >= 11 is 2.36. The number of hydrogen-bond acceptors (Lipinski definition) is 1. The van der Waals surface area contributed by atoms with E-state index in [2.05, 4.69) is 89.4 Å². The van der Waals surface area contributed by atoms with Crippen LogP contribution >= 0.6 is 22.6 Å². The predicted octanol–water partition coefficient (Wildman–Crippen LogP) is 4.44. The van der Waals surface area contributed by atoms with Crippen molar-refractivity contribution in [1.82, 2.24) is 5.32 Å². The minimum atomic E-state index is 0.511. The standard InChI is InChI=1S/C18H22IN/c1-2-12-20-18(13-15-6-4-3-5-7-15)14-16-8-10-17(19)11-9-16/h3-11,18,20H,2,12-14H2,1H3. The summed E-state index contributed by atoms with van der Waals surface area (Å²) < 4.78 is 1.30. The molecule has 0 saturated heterocycles. The third-order valence-corrected chi connectivity index (χ3v) is 4.12. The molecule has 0 radical (unpaired) electrons. The van der Waals surface area contributed by atoms with Crippen LogP contribution in [0.2, 0.25) is 0 Å². The summed E-state index contributed by atoms with van der Waals surface area (Å²) in [6, 6.07) is 20.1. The van der Waals surface area contributed by atoms with Crippen molar-refractivity contribution in [2.24, 2.45) is 0 Å². The van der Waals surface area contributed by atoms with Crippen molar-refractivity contribution in [2.75, 3.05) is 6.54 Å². The van der Waals surface area contributed by atoms with Crippen LogP contribution < -0.4 is 5.32 Å². The van der Waals surface area contributed by atoms with E-state index in [4.69, 9.17) is 0 Å². The van der Waals surface area contributed by atoms with E-state index < -0.39 is 0 Å². The minimum Gasteiger partial charge on any atom is -0.313 e. The summed E-state index contributed by atoms with van der Waals surface area (Å²) in [5.41, 5.74) is 2.82. The van der Waals surface area contributed by atoms with E-state index in [0.29, 0.717) is 6.04 Å². The Morgan fingerprint density at radius 2 is 1.50 bits per heavy atom. The van der Waals surface area contributed by atoms with Crippen molar-refractivity contribution in [1.29, 1.82) is 0 Å². The number of hydrogen-bond donors (Lipinski definition) is 1. The van der Waals surface area contributed by atoms with E-state index in [-0.39, 0.29) is 0 Å². The molecule has 0 bridgehead atoms. The topological polar surface area (TPSA) is 12.0 Å². The van der Waals surface area contributed by atoms with E-state index >= 15 is 0 Å². The first-order chi connectivity index (χ1) is 9.78. The molecule has 0 aromatic heterocycles. The predicted molar refractivity (Wildman–Crippen MR) is 95.1 cm³/mol. The van der Waals surface area contributed by atoms with Crippen LogP contribution in [-0.2, 0) is 12.8 Å². The summed E-state index contributed by atoms with van der Waals surface area (Å²) in [6.07, 6.45) is 3.36. The molecule has 0 heterocycles. The molecule has 0 spiro atoms. The van der Waals surface area contributed by atoms with Gasteiger partial charge in [-0.15, -0.1) is 0 Å². The third-order valence-electron chi connectivity index (χ3n) is 3.40. The van der Waals surface area contributed by atoms with Gasteiger partial charge in [0.25, 0.3) is 0 Å². The van der Waals surface area contributed by atoms with Gasteiger partial charge in [-0.2, -0.15) is 0 Å². The SMILES string of the molecule is CCCNC(Cc1ccccc1)Cc1ccc(I)cc1. The Morgan fingerprint density at radius 1 is 0.900 bits per heavy atom. The molecule has 0 fully saturated rings. The maximum atomic E-state index is 3.68. The Hall–Kier alpha value is -0.870. The summed E-state index contributed by atoms with van der Waals surface area (Å²) in [7, 11) is 0. The van der Waals surface area contributed by atoms with Crippen molar-refractivity contribution in [2.45, 2.75) is 32.2 Å². The average molecular weight is 379 g/mol. The minimum absolute atomic E-state index is 0.511. The third kappa shape index (κ3) is 5.25. The molecule has 0 aliphatic rings. The lowest BCUT2D eigenvalue weighted by molar-refractivity contribution is 0.505. The Kier molecular flexibility index (Phi) is 6.54. The van der Waals surface area contributed by atoms with Crippen LogP contribution in [0.1, 0.15) is 24.5 Å². The molecule has 2 aromatic rings. The second kappa shape index (κ2) is 8.42. The van der Waals surface area contributed by atoms with E-state index in [1.807, 2.05) is 0 Å². The van der Waals surface area contributed by atoms with Gasteiger partial charge in [0.2, 0.25) is 0 Å². The first-order valence-electron chi connectivity index (χ1n) is 7.29. The molecule has 0 aliphatic heterocycles. The van der Waals surface area contributed by atoms with Gasteiger partial charge < -0.3 is 5.32 Å². The number of rotatable bonds is 7. The highest BCUT2D eigenvalue weighted by atomic mass is 127. The zero-order valence-electron chi connectivity index (χ0n) is 12.0. The van der Waals surface area contributed by atoms with Gasteiger partial charge in [0, 0.05) is 9.61 Å². The molecule has 20 heavy (non-hydrogen) atoms. The maximum Gasteiger partial charge on any atom is 0.0148 e. The van der Waals surface area contributed by atoms with Gasteiger partial charge in [-0.3, -0.25) is 0 Å². The number of halogens is 1. The highest BCUT2D eigenvalue weighted by Crippen LogP contribution is 2.12. The van der Waals surface area contributed by atoms with Crippen molar-refractivity contribution in [3.8, 4) is 0 Å². The van der Waals surface area contributed by atoms with E-state index in [1.54, 1.807) is 0 Å². The fourth-order valence-corrected chi connectivity index (χ4v) is 2.73. The van der Waals surface area contributed by atoms with Crippen LogP contribution in [0.15, 0.2) is 54.6 Å². The van der Waals surface area contributed by atoms with Crippen LogP contribution in [-0.4, -0.2) is 12.6 Å². The molecular formula is C18H22IN. The highest BCUT2D eigenvalue weighted by molar-refractivity contribution is 14.1. The van der Waals surface area contributed by atoms with E-state index in [1.165, 1.54) is 21.1 Å². The normalized spacial score (nSPS) is 12.3. The summed E-state index contributed by atoms with van der Waals surface area (Å²) in [5.74, 6) is 0. The largest absolute Gasteiger partial charge is 0.313 e. The summed E-state index contributed by atoms with van der Waals surface area (Å²) in [5, 5.41) is 3.68. The molecule has 1 nitrogen and oxygen atoms in total. The summed E-state index contributed by atoms with van der Waals surface area (Å²) in [6.45, 7) is 3.30. The Morgan fingerprint density at radius 3 is 2.10 bits per heavy atom. The van der Waals surface area contributed by atoms with Crippen LogP contribution in [0.3, 0.4) is 0 Å². The van der Waals surface area contributed by atoms with Crippen molar-refractivity contribution in [3.63, 3.8) is 0 Å². The van der Waals surface area contributed by atoms with Gasteiger partial charge >= 0.3 is 0 Å². The molecule has 0 aliphatic carbocycles. The number of benzene rings is 2. The molecule has 0 amide bonds. The van der Waals surface area contributed by atoms with Crippen LogP contribution in [0, 0.1) is 3.57 Å². The van der Waals surface area contributed by atoms with Crippen molar-refractivity contribution in [3.05, 3.63) is 69.3 Å². The second-order valence-electron chi connectivity index (χ2n) is 5.17. The summed E-state index contributed by atoms with van der Waals surface area (Å²) in [4.78, 5) is 0. The van der Waals surface area contributed by atoms with Crippen LogP contribution in [0.4, 0.5) is 0 Å². The smallest absolute Gasteiger partial charge is 0.0148 e. The van der Waals surface area contributed by atoms with Gasteiger partial charge in [-0.05, 0) is 71.7 Å². The first-order valence-corrected chi connectivity index (χ1v) is 8.37. The van der Waals surface area contributed by atoms with E-state index in [9.17, 15) is 0 Å². The fraction of sp³-hybridized carbons (Fsp3) is 0.333. The Balaban J connectivity index is 2.01. The maximum absolute atomic E-state index is 3.68. The lowest BCUT2D eigenvalue weighted by Crippen LogP contribution is -2.33. The van der Waals surface area contributed by atoms with Gasteiger partial charge in [0.15, 0.2) is 0 Å². The highest BCUT2D eigenvalue weighted by Gasteiger charge is 2.09. The molecule has 106 valence electrons. The zero-order chi connectivity index (χ0) is 14.2. The molecule has 1 unspecified atom stereocenters. The number of nitrogens with one attached hydrogen (secondary N) is 1. The fourth-order valence-electron chi connectivity index (χ4n) is 2.37. The first kappa shape index (κ1) is 15.5. The van der Waals surface area contributed by atoms with Crippen LogP contribution in [0.25, 0.3) is 0 Å². The molecular weight excluding hydrogens is 357 g/mol. The van der Waals surface area contributed by atoms with Crippen molar-refractivity contribution >= 4 is 22.6 Å². The molecule has 1 atom stereocenters. The molecule has 0 saturated carbocycles. The zero-order valence-corrected chi connectivity index (χ0v) is 14.1. The second-order valence-corrected chi connectivity index (χ2v) is 6.42. The van der Waals surface area contributed by atoms with E-state index in [0.717, 1.165) is 19.4 Å². The van der Waals surface area contributed by atoms with Gasteiger partial charge in [0.1, 0.15) is 0 Å². The molecule has 1 N–H and O–H groups in total. The quantitative estimate of drug-likeness (QED) is 0.702. The van der Waals surface area contributed by atoms with Gasteiger partial charge in [-0.1, -0.05) is 49.4 Å². The Bertz CT molecular complexity index is 493. The van der Waals surface area contributed by atoms with Gasteiger partial charge in [0.05, 0.1) is 0 Å². The molecule has 2 rings (SSSR count). The Labute approximate surface area is 135 Å². The molecule has 2 heteroatoms. The van der Waals surface area contributed by atoms with Gasteiger partial charge in [-0.25, -0.2) is 0 Å². The average Bonchev–Trinajstić information content (AvgIpc) is 2.48. The lowest BCUT2D eigenvalue weighted by atomic mass is 9.99. The lowest BCUT2D eigenvalue weighted by Gasteiger charge is -2.19.